The molecule has 3 aliphatic carbocycles. The second-order valence-electron chi connectivity index (χ2n) is 6.79. The molecular formula is C16H20. The van der Waals surface area contributed by atoms with Crippen LogP contribution in [0, 0.1) is 22.7 Å². The molecule has 3 saturated carbocycles. The highest BCUT2D eigenvalue weighted by atomic mass is 15.0. The zero-order chi connectivity index (χ0) is 11.2. The van der Waals surface area contributed by atoms with Crippen LogP contribution in [0.3, 0.4) is 0 Å². The lowest BCUT2D eigenvalue weighted by Gasteiger charge is -2.58. The lowest BCUT2D eigenvalue weighted by molar-refractivity contribution is -0.0482. The van der Waals surface area contributed by atoms with E-state index in [1.54, 1.807) is 5.56 Å². The van der Waals surface area contributed by atoms with Gasteiger partial charge in [-0.05, 0) is 41.1 Å². The van der Waals surface area contributed by atoms with Gasteiger partial charge in [-0.2, -0.15) is 0 Å². The summed E-state index contributed by atoms with van der Waals surface area (Å²) in [6.45, 7) is 7.54. The highest BCUT2D eigenvalue weighted by Gasteiger charge is 2.94. The van der Waals surface area contributed by atoms with Crippen molar-refractivity contribution in [2.24, 2.45) is 22.7 Å². The van der Waals surface area contributed by atoms with Gasteiger partial charge in [0.2, 0.25) is 0 Å². The second-order valence-corrected chi connectivity index (χ2v) is 6.79. The molecule has 0 aliphatic heterocycles. The van der Waals surface area contributed by atoms with E-state index in [1.165, 1.54) is 12.8 Å². The molecule has 0 nitrogen and oxygen atoms in total. The fourth-order valence-electron chi connectivity index (χ4n) is 5.96. The molecule has 3 aliphatic rings. The van der Waals surface area contributed by atoms with Gasteiger partial charge in [0.15, 0.2) is 0 Å². The molecule has 0 saturated heterocycles. The molecule has 0 N–H and O–H groups in total. The highest BCUT2D eigenvalue weighted by molar-refractivity contribution is 5.54. The van der Waals surface area contributed by atoms with Gasteiger partial charge >= 0.3 is 0 Å². The third-order valence-corrected chi connectivity index (χ3v) is 6.84. The predicted molar refractivity (Wildman–Crippen MR) is 66.2 cm³/mol. The van der Waals surface area contributed by atoms with Crippen molar-refractivity contribution in [3.8, 4) is 0 Å². The van der Waals surface area contributed by atoms with Gasteiger partial charge in [0.05, 0.1) is 0 Å². The monoisotopic (exact) mass is 212 g/mol. The van der Waals surface area contributed by atoms with Gasteiger partial charge in [0.25, 0.3) is 0 Å². The minimum absolute atomic E-state index is 0.521. The Kier molecular flexibility index (Phi) is 1.30. The molecule has 0 amide bonds. The first-order valence-corrected chi connectivity index (χ1v) is 6.64. The van der Waals surface area contributed by atoms with Crippen LogP contribution >= 0.6 is 0 Å². The largest absolute Gasteiger partial charge is 0.0622 e. The van der Waals surface area contributed by atoms with Crippen LogP contribution in [-0.4, -0.2) is 0 Å². The van der Waals surface area contributed by atoms with Gasteiger partial charge in [0.1, 0.15) is 0 Å². The Hall–Kier alpha value is -0.780. The van der Waals surface area contributed by atoms with Gasteiger partial charge in [-0.1, -0.05) is 51.1 Å². The smallest absolute Gasteiger partial charge is 0.0103 e. The van der Waals surface area contributed by atoms with E-state index < -0.39 is 0 Å². The second kappa shape index (κ2) is 2.25. The number of hydrogen-bond acceptors (Lipinski definition) is 0. The van der Waals surface area contributed by atoms with Crippen LogP contribution in [-0.2, 0) is 5.41 Å². The maximum absolute atomic E-state index is 2.54. The normalized spacial score (nSPS) is 50.7. The standard InChI is InChI=1S/C16H20/c1-14(2)15(3)12-9-10-13(12)16(14,15)11-7-5-4-6-8-11/h4-8,12-13H,9-10H2,1-3H3/t12-,13-,15+,16+/m1/s1. The fraction of sp³-hybridized carbons (Fsp3) is 0.625. The number of hydrogen-bond donors (Lipinski definition) is 0. The summed E-state index contributed by atoms with van der Waals surface area (Å²) in [5.74, 6) is 2.03. The fourth-order valence-corrected chi connectivity index (χ4v) is 5.96. The maximum atomic E-state index is 2.54. The SMILES string of the molecule is CC1(C)[C@]2(C)[C@@H]3CC[C@H]3[C@@]12c1ccccc1. The Balaban J connectivity index is 1.90. The van der Waals surface area contributed by atoms with Crippen LogP contribution < -0.4 is 0 Å². The average molecular weight is 212 g/mol. The van der Waals surface area contributed by atoms with Crippen LogP contribution in [0.2, 0.25) is 0 Å². The summed E-state index contributed by atoms with van der Waals surface area (Å²) in [5.41, 5.74) is 3.27. The van der Waals surface area contributed by atoms with E-state index in [1.807, 2.05) is 0 Å². The Bertz CT molecular complexity index is 458. The molecule has 0 radical (unpaired) electrons. The molecule has 0 unspecified atom stereocenters. The molecule has 16 heavy (non-hydrogen) atoms. The third kappa shape index (κ3) is 0.563. The van der Waals surface area contributed by atoms with Gasteiger partial charge in [0, 0.05) is 5.41 Å². The minimum Gasteiger partial charge on any atom is -0.0622 e. The van der Waals surface area contributed by atoms with Crippen molar-refractivity contribution in [2.75, 3.05) is 0 Å². The molecule has 0 heterocycles. The number of fused-ring (bicyclic) bond motifs is 4. The molecule has 0 bridgehead atoms. The van der Waals surface area contributed by atoms with Crippen LogP contribution in [0.1, 0.15) is 39.2 Å². The molecule has 0 heteroatoms. The van der Waals surface area contributed by atoms with E-state index in [-0.39, 0.29) is 0 Å². The van der Waals surface area contributed by atoms with Crippen molar-refractivity contribution >= 4 is 0 Å². The molecule has 0 aromatic heterocycles. The molecule has 3 fully saturated rings. The lowest BCUT2D eigenvalue weighted by Crippen LogP contribution is -2.54. The van der Waals surface area contributed by atoms with Crippen molar-refractivity contribution in [2.45, 2.75) is 39.0 Å². The molecular weight excluding hydrogens is 192 g/mol. The zero-order valence-electron chi connectivity index (χ0n) is 10.5. The summed E-state index contributed by atoms with van der Waals surface area (Å²) in [5, 5.41) is 0. The quantitative estimate of drug-likeness (QED) is 0.660. The zero-order valence-corrected chi connectivity index (χ0v) is 10.5. The lowest BCUT2D eigenvalue weighted by atomic mass is 9.46. The van der Waals surface area contributed by atoms with Crippen molar-refractivity contribution < 1.29 is 0 Å². The summed E-state index contributed by atoms with van der Waals surface area (Å²) in [6, 6.07) is 11.3. The molecule has 84 valence electrons. The van der Waals surface area contributed by atoms with E-state index in [0.717, 1.165) is 11.8 Å². The summed E-state index contributed by atoms with van der Waals surface area (Å²) in [7, 11) is 0. The van der Waals surface area contributed by atoms with E-state index in [9.17, 15) is 0 Å². The first-order valence-electron chi connectivity index (χ1n) is 6.64. The number of benzene rings is 1. The van der Waals surface area contributed by atoms with Gasteiger partial charge in [-0.25, -0.2) is 0 Å². The first-order chi connectivity index (χ1) is 7.58. The van der Waals surface area contributed by atoms with Gasteiger partial charge in [-0.15, -0.1) is 0 Å². The molecule has 0 spiro atoms. The summed E-state index contributed by atoms with van der Waals surface area (Å²) in [4.78, 5) is 0. The summed E-state index contributed by atoms with van der Waals surface area (Å²) in [6.07, 6.45) is 2.96. The summed E-state index contributed by atoms with van der Waals surface area (Å²) >= 11 is 0. The van der Waals surface area contributed by atoms with Gasteiger partial charge in [-0.3, -0.25) is 0 Å². The van der Waals surface area contributed by atoms with Crippen LogP contribution in [0.15, 0.2) is 30.3 Å². The van der Waals surface area contributed by atoms with Crippen LogP contribution in [0.4, 0.5) is 0 Å². The molecule has 1 aromatic rings. The third-order valence-electron chi connectivity index (χ3n) is 6.84. The Morgan fingerprint density at radius 1 is 0.938 bits per heavy atom. The summed E-state index contributed by atoms with van der Waals surface area (Å²) < 4.78 is 0. The van der Waals surface area contributed by atoms with Crippen LogP contribution in [0.5, 0.6) is 0 Å². The van der Waals surface area contributed by atoms with E-state index in [0.29, 0.717) is 16.2 Å². The van der Waals surface area contributed by atoms with Crippen molar-refractivity contribution in [3.05, 3.63) is 35.9 Å². The highest BCUT2D eigenvalue weighted by Crippen LogP contribution is 2.96. The average Bonchev–Trinajstić information content (AvgIpc) is 2.56. The Labute approximate surface area is 98.1 Å². The topological polar surface area (TPSA) is 0 Å². The Morgan fingerprint density at radius 2 is 1.56 bits per heavy atom. The van der Waals surface area contributed by atoms with Crippen molar-refractivity contribution in [1.29, 1.82) is 0 Å². The maximum Gasteiger partial charge on any atom is 0.0103 e. The Morgan fingerprint density at radius 3 is 2.06 bits per heavy atom. The first kappa shape index (κ1) is 9.27. The molecule has 1 aromatic carbocycles. The molecule has 4 rings (SSSR count). The molecule has 4 atom stereocenters. The van der Waals surface area contributed by atoms with Crippen molar-refractivity contribution in [1.82, 2.24) is 0 Å². The van der Waals surface area contributed by atoms with Crippen LogP contribution in [0.25, 0.3) is 0 Å². The number of rotatable bonds is 1. The van der Waals surface area contributed by atoms with E-state index >= 15 is 0 Å². The van der Waals surface area contributed by atoms with E-state index in [4.69, 9.17) is 0 Å². The van der Waals surface area contributed by atoms with Gasteiger partial charge < -0.3 is 0 Å². The predicted octanol–water partition coefficient (Wildman–Crippen LogP) is 4.01. The van der Waals surface area contributed by atoms with E-state index in [2.05, 4.69) is 51.1 Å². The minimum atomic E-state index is 0.521. The van der Waals surface area contributed by atoms with Crippen molar-refractivity contribution in [3.63, 3.8) is 0 Å².